The van der Waals surface area contributed by atoms with Crippen molar-refractivity contribution in [2.45, 2.75) is 26.2 Å². The summed E-state index contributed by atoms with van der Waals surface area (Å²) in [6.45, 7) is 1.90. The molecule has 0 radical (unpaired) electrons. The first-order chi connectivity index (χ1) is 16.6. The van der Waals surface area contributed by atoms with Gasteiger partial charge in [0.15, 0.2) is 11.7 Å². The van der Waals surface area contributed by atoms with Gasteiger partial charge >= 0.3 is 6.03 Å². The monoisotopic (exact) mass is 454 g/mol. The number of para-hydroxylation sites is 1. The summed E-state index contributed by atoms with van der Waals surface area (Å²) in [4.78, 5) is 29.1. The molecule has 3 amide bonds. The lowest BCUT2D eigenvalue weighted by atomic mass is 10.1. The zero-order chi connectivity index (χ0) is 23.8. The lowest BCUT2D eigenvalue weighted by molar-refractivity contribution is -0.116. The molecule has 0 aliphatic rings. The molecule has 7 nitrogen and oxygen atoms in total. The van der Waals surface area contributed by atoms with Crippen molar-refractivity contribution in [2.24, 2.45) is 0 Å². The molecule has 0 atom stereocenters. The smallest absolute Gasteiger partial charge is 0.323 e. The molecule has 1 aromatic heterocycles. The molecule has 0 saturated heterocycles. The molecule has 0 aliphatic carbocycles. The van der Waals surface area contributed by atoms with Crippen LogP contribution in [0.25, 0.3) is 11.3 Å². The van der Waals surface area contributed by atoms with Crippen LogP contribution in [0.15, 0.2) is 89.5 Å². The van der Waals surface area contributed by atoms with Crippen LogP contribution in [0, 0.1) is 6.92 Å². The number of carbonyl (C=O) groups is 2. The molecular formula is C27H26N4O3. The highest BCUT2D eigenvalue weighted by atomic mass is 16.4. The Morgan fingerprint density at radius 1 is 0.853 bits per heavy atom. The highest BCUT2D eigenvalue weighted by Crippen LogP contribution is 2.22. The SMILES string of the molecule is Cc1ccc(NC(=O)Nc2ccccc2)cc1NC(=O)CCCc1ncc(-c2ccccc2)o1. The van der Waals surface area contributed by atoms with Crippen molar-refractivity contribution in [1.29, 1.82) is 0 Å². The molecule has 34 heavy (non-hydrogen) atoms. The molecule has 0 spiro atoms. The number of nitrogens with zero attached hydrogens (tertiary/aromatic N) is 1. The predicted octanol–water partition coefficient (Wildman–Crippen LogP) is 6.26. The van der Waals surface area contributed by atoms with Crippen molar-refractivity contribution < 1.29 is 14.0 Å². The fraction of sp³-hybridized carbons (Fsp3) is 0.148. The number of amides is 3. The summed E-state index contributed by atoms with van der Waals surface area (Å²) in [6, 6.07) is 24.0. The lowest BCUT2D eigenvalue weighted by Crippen LogP contribution is -2.19. The Hall–Kier alpha value is -4.39. The molecule has 4 rings (SSSR count). The minimum absolute atomic E-state index is 0.108. The third-order valence-electron chi connectivity index (χ3n) is 5.21. The van der Waals surface area contributed by atoms with Crippen LogP contribution in [0.3, 0.4) is 0 Å². The highest BCUT2D eigenvalue weighted by Gasteiger charge is 2.10. The van der Waals surface area contributed by atoms with Gasteiger partial charge in [-0.1, -0.05) is 54.6 Å². The summed E-state index contributed by atoms with van der Waals surface area (Å²) in [5, 5.41) is 8.49. The van der Waals surface area contributed by atoms with Gasteiger partial charge in [0.25, 0.3) is 0 Å². The van der Waals surface area contributed by atoms with Gasteiger partial charge in [-0.05, 0) is 43.2 Å². The van der Waals surface area contributed by atoms with E-state index in [1.54, 1.807) is 30.5 Å². The number of aromatic nitrogens is 1. The van der Waals surface area contributed by atoms with Crippen LogP contribution < -0.4 is 16.0 Å². The molecule has 4 aromatic rings. The first-order valence-corrected chi connectivity index (χ1v) is 11.1. The van der Waals surface area contributed by atoms with Crippen molar-refractivity contribution in [3.8, 4) is 11.3 Å². The van der Waals surface area contributed by atoms with Crippen LogP contribution >= 0.6 is 0 Å². The predicted molar refractivity (Wildman–Crippen MR) is 134 cm³/mol. The number of nitrogens with one attached hydrogen (secondary N) is 3. The van der Waals surface area contributed by atoms with Crippen molar-refractivity contribution in [3.05, 3.63) is 96.5 Å². The average molecular weight is 455 g/mol. The Labute approximate surface area is 198 Å². The second-order valence-corrected chi connectivity index (χ2v) is 7.86. The van der Waals surface area contributed by atoms with Gasteiger partial charge in [-0.15, -0.1) is 0 Å². The normalized spacial score (nSPS) is 10.5. The van der Waals surface area contributed by atoms with E-state index in [4.69, 9.17) is 4.42 Å². The number of anilines is 3. The molecule has 7 heteroatoms. The lowest BCUT2D eigenvalue weighted by Gasteiger charge is -2.12. The van der Waals surface area contributed by atoms with E-state index in [2.05, 4.69) is 20.9 Å². The standard InChI is InChI=1S/C27H26N4O3/c1-19-15-16-22(30-27(33)29-21-11-6-3-7-12-21)17-23(19)31-25(32)13-8-14-26-28-18-24(34-26)20-9-4-2-5-10-20/h2-7,9-12,15-18H,8,13-14H2,1H3,(H,31,32)(H2,29,30,33). The number of aryl methyl sites for hydroxylation is 2. The van der Waals surface area contributed by atoms with Crippen LogP contribution in [0.2, 0.25) is 0 Å². The van der Waals surface area contributed by atoms with Crippen molar-refractivity contribution in [2.75, 3.05) is 16.0 Å². The van der Waals surface area contributed by atoms with E-state index in [0.29, 0.717) is 42.2 Å². The molecule has 0 fully saturated rings. The van der Waals surface area contributed by atoms with E-state index in [0.717, 1.165) is 16.9 Å². The van der Waals surface area contributed by atoms with Gasteiger partial charge < -0.3 is 20.4 Å². The zero-order valence-electron chi connectivity index (χ0n) is 18.9. The maximum atomic E-state index is 12.5. The first kappa shape index (κ1) is 22.8. The summed E-state index contributed by atoms with van der Waals surface area (Å²) in [5.74, 6) is 1.22. The Balaban J connectivity index is 1.27. The van der Waals surface area contributed by atoms with E-state index >= 15 is 0 Å². The first-order valence-electron chi connectivity index (χ1n) is 11.1. The van der Waals surface area contributed by atoms with Crippen molar-refractivity contribution in [1.82, 2.24) is 4.98 Å². The molecule has 0 saturated carbocycles. The van der Waals surface area contributed by atoms with Gasteiger partial charge in [0, 0.05) is 35.5 Å². The van der Waals surface area contributed by atoms with Crippen molar-refractivity contribution >= 4 is 29.0 Å². The van der Waals surface area contributed by atoms with Gasteiger partial charge in [-0.3, -0.25) is 4.79 Å². The van der Waals surface area contributed by atoms with Gasteiger partial charge in [0.1, 0.15) is 0 Å². The maximum Gasteiger partial charge on any atom is 0.323 e. The molecule has 0 unspecified atom stereocenters. The zero-order valence-corrected chi connectivity index (χ0v) is 18.9. The third-order valence-corrected chi connectivity index (χ3v) is 5.21. The number of hydrogen-bond acceptors (Lipinski definition) is 4. The topological polar surface area (TPSA) is 96.3 Å². The summed E-state index contributed by atoms with van der Waals surface area (Å²) in [5.41, 5.74) is 3.82. The Morgan fingerprint density at radius 3 is 2.32 bits per heavy atom. The summed E-state index contributed by atoms with van der Waals surface area (Å²) < 4.78 is 5.80. The van der Waals surface area contributed by atoms with E-state index in [1.165, 1.54) is 0 Å². The second-order valence-electron chi connectivity index (χ2n) is 7.86. The number of hydrogen-bond donors (Lipinski definition) is 3. The summed E-state index contributed by atoms with van der Waals surface area (Å²) >= 11 is 0. The maximum absolute atomic E-state index is 12.5. The van der Waals surface area contributed by atoms with Crippen LogP contribution in [-0.4, -0.2) is 16.9 Å². The van der Waals surface area contributed by atoms with Crippen molar-refractivity contribution in [3.63, 3.8) is 0 Å². The van der Waals surface area contributed by atoms with Crippen LogP contribution in [0.1, 0.15) is 24.3 Å². The largest absolute Gasteiger partial charge is 0.441 e. The molecule has 1 heterocycles. The average Bonchev–Trinajstić information content (AvgIpc) is 3.31. The molecule has 3 aromatic carbocycles. The van der Waals surface area contributed by atoms with Gasteiger partial charge in [0.05, 0.1) is 6.20 Å². The summed E-state index contributed by atoms with van der Waals surface area (Å²) in [6.07, 6.45) is 3.21. The van der Waals surface area contributed by atoms with Gasteiger partial charge in [0.2, 0.25) is 5.91 Å². The molecule has 3 N–H and O–H groups in total. The van der Waals surface area contributed by atoms with Gasteiger partial charge in [-0.25, -0.2) is 9.78 Å². The Kier molecular flexibility index (Phi) is 7.35. The third kappa shape index (κ3) is 6.32. The molecular weight excluding hydrogens is 428 g/mol. The number of oxazole rings is 1. The highest BCUT2D eigenvalue weighted by molar-refractivity contribution is 6.00. The van der Waals surface area contributed by atoms with Gasteiger partial charge in [-0.2, -0.15) is 0 Å². The van der Waals surface area contributed by atoms with Crippen LogP contribution in [0.4, 0.5) is 21.9 Å². The van der Waals surface area contributed by atoms with E-state index in [-0.39, 0.29) is 11.9 Å². The number of carbonyl (C=O) groups excluding carboxylic acids is 2. The molecule has 0 bridgehead atoms. The minimum atomic E-state index is -0.354. The quantitative estimate of drug-likeness (QED) is 0.293. The Bertz CT molecular complexity index is 1250. The van der Waals surface area contributed by atoms with E-state index in [9.17, 15) is 9.59 Å². The molecule has 0 aliphatic heterocycles. The van der Waals surface area contributed by atoms with E-state index < -0.39 is 0 Å². The number of benzene rings is 3. The van der Waals surface area contributed by atoms with E-state index in [1.807, 2.05) is 61.5 Å². The number of rotatable bonds is 8. The minimum Gasteiger partial charge on any atom is -0.441 e. The fourth-order valence-corrected chi connectivity index (χ4v) is 3.42. The summed E-state index contributed by atoms with van der Waals surface area (Å²) in [7, 11) is 0. The van der Waals surface area contributed by atoms with Crippen LogP contribution in [0.5, 0.6) is 0 Å². The Morgan fingerprint density at radius 2 is 1.56 bits per heavy atom. The second kappa shape index (κ2) is 11.0. The fourth-order valence-electron chi connectivity index (χ4n) is 3.42. The van der Waals surface area contributed by atoms with Crippen LogP contribution in [-0.2, 0) is 11.2 Å². The number of urea groups is 1. The molecule has 172 valence electrons.